The number of ketones is 1. The van der Waals surface area contributed by atoms with E-state index in [0.29, 0.717) is 12.5 Å². The average molecular weight is 184 g/mol. The molecule has 3 nitrogen and oxygen atoms in total. The van der Waals surface area contributed by atoms with Crippen molar-refractivity contribution in [2.24, 2.45) is 11.8 Å². The van der Waals surface area contributed by atoms with Crippen LogP contribution in [-0.2, 0) is 14.3 Å². The normalized spacial score (nSPS) is 18.0. The molecule has 1 aliphatic rings. The Morgan fingerprint density at radius 1 is 1.46 bits per heavy atom. The van der Waals surface area contributed by atoms with E-state index in [1.807, 2.05) is 6.92 Å². The van der Waals surface area contributed by atoms with Crippen LogP contribution in [0.5, 0.6) is 0 Å². The summed E-state index contributed by atoms with van der Waals surface area (Å²) in [7, 11) is 0. The predicted octanol–water partition coefficient (Wildman–Crippen LogP) is 1.55. The lowest BCUT2D eigenvalue weighted by atomic mass is 9.99. The number of esters is 1. The zero-order valence-corrected chi connectivity index (χ0v) is 8.21. The lowest BCUT2D eigenvalue weighted by Crippen LogP contribution is -2.18. The highest BCUT2D eigenvalue weighted by molar-refractivity contribution is 5.96. The van der Waals surface area contributed by atoms with E-state index < -0.39 is 0 Å². The minimum absolute atomic E-state index is 0.0287. The largest absolute Gasteiger partial charge is 0.466 e. The quantitative estimate of drug-likeness (QED) is 0.481. The van der Waals surface area contributed by atoms with E-state index in [-0.39, 0.29) is 24.1 Å². The van der Waals surface area contributed by atoms with Crippen molar-refractivity contribution < 1.29 is 14.3 Å². The van der Waals surface area contributed by atoms with E-state index in [9.17, 15) is 9.59 Å². The second-order valence-electron chi connectivity index (χ2n) is 3.57. The van der Waals surface area contributed by atoms with Crippen molar-refractivity contribution in [1.82, 2.24) is 0 Å². The molecule has 1 saturated carbocycles. The van der Waals surface area contributed by atoms with Crippen molar-refractivity contribution in [1.29, 1.82) is 0 Å². The van der Waals surface area contributed by atoms with Crippen molar-refractivity contribution >= 4 is 11.8 Å². The van der Waals surface area contributed by atoms with Gasteiger partial charge in [-0.3, -0.25) is 9.59 Å². The van der Waals surface area contributed by atoms with Crippen molar-refractivity contribution in [3.8, 4) is 0 Å². The molecule has 1 unspecified atom stereocenters. The number of hydrogen-bond acceptors (Lipinski definition) is 3. The Kier molecular flexibility index (Phi) is 3.46. The number of carbonyl (C=O) groups excluding carboxylic acids is 2. The molecule has 0 amide bonds. The molecule has 0 radical (unpaired) electrons. The maximum Gasteiger partial charge on any atom is 0.313 e. The maximum atomic E-state index is 11.4. The second-order valence-corrected chi connectivity index (χ2v) is 3.57. The van der Waals surface area contributed by atoms with E-state index in [4.69, 9.17) is 4.74 Å². The minimum atomic E-state index is -0.389. The molecule has 74 valence electrons. The molecule has 1 rings (SSSR count). The van der Waals surface area contributed by atoms with Gasteiger partial charge < -0.3 is 4.74 Å². The van der Waals surface area contributed by atoms with Crippen LogP contribution in [0.25, 0.3) is 0 Å². The minimum Gasteiger partial charge on any atom is -0.466 e. The maximum absolute atomic E-state index is 11.4. The SMILES string of the molecule is CCOC(=O)CC(=O)C(C)C1CC1. The molecule has 3 heteroatoms. The van der Waals surface area contributed by atoms with Gasteiger partial charge in [0.2, 0.25) is 0 Å². The van der Waals surface area contributed by atoms with Gasteiger partial charge in [0.15, 0.2) is 0 Å². The smallest absolute Gasteiger partial charge is 0.313 e. The van der Waals surface area contributed by atoms with Crippen molar-refractivity contribution in [3.63, 3.8) is 0 Å². The Hall–Kier alpha value is -0.860. The van der Waals surface area contributed by atoms with Gasteiger partial charge in [-0.25, -0.2) is 0 Å². The van der Waals surface area contributed by atoms with E-state index in [1.165, 1.54) is 0 Å². The number of hydrogen-bond donors (Lipinski definition) is 0. The molecule has 0 spiro atoms. The van der Waals surface area contributed by atoms with Crippen LogP contribution < -0.4 is 0 Å². The van der Waals surface area contributed by atoms with Crippen molar-refractivity contribution in [3.05, 3.63) is 0 Å². The molecular formula is C10H16O3. The second kappa shape index (κ2) is 4.40. The highest BCUT2D eigenvalue weighted by Crippen LogP contribution is 2.37. The van der Waals surface area contributed by atoms with Crippen LogP contribution >= 0.6 is 0 Å². The molecular weight excluding hydrogens is 168 g/mol. The van der Waals surface area contributed by atoms with Gasteiger partial charge in [-0.2, -0.15) is 0 Å². The van der Waals surface area contributed by atoms with Gasteiger partial charge in [0.05, 0.1) is 6.61 Å². The van der Waals surface area contributed by atoms with E-state index in [0.717, 1.165) is 12.8 Å². The molecule has 1 fully saturated rings. The Morgan fingerprint density at radius 2 is 2.08 bits per heavy atom. The third-order valence-electron chi connectivity index (χ3n) is 2.46. The van der Waals surface area contributed by atoms with Gasteiger partial charge in [-0.05, 0) is 25.7 Å². The summed E-state index contributed by atoms with van der Waals surface area (Å²) < 4.78 is 4.70. The summed E-state index contributed by atoms with van der Waals surface area (Å²) in [6, 6.07) is 0. The third kappa shape index (κ3) is 3.17. The molecule has 13 heavy (non-hydrogen) atoms. The summed E-state index contributed by atoms with van der Waals surface area (Å²) >= 11 is 0. The number of Topliss-reactive ketones (excluding diaryl/α,β-unsaturated/α-hetero) is 1. The topological polar surface area (TPSA) is 43.4 Å². The molecule has 0 aromatic heterocycles. The van der Waals surface area contributed by atoms with E-state index in [1.54, 1.807) is 6.92 Å². The van der Waals surface area contributed by atoms with Gasteiger partial charge in [-0.15, -0.1) is 0 Å². The van der Waals surface area contributed by atoms with Crippen LogP contribution in [0.2, 0.25) is 0 Å². The lowest BCUT2D eigenvalue weighted by Gasteiger charge is -2.07. The zero-order valence-electron chi connectivity index (χ0n) is 8.21. The number of rotatable bonds is 5. The average Bonchev–Trinajstić information content (AvgIpc) is 2.85. The standard InChI is InChI=1S/C10H16O3/c1-3-13-10(12)6-9(11)7(2)8-4-5-8/h7-8H,3-6H2,1-2H3. The Bertz CT molecular complexity index is 206. The van der Waals surface area contributed by atoms with Crippen LogP contribution in [0.3, 0.4) is 0 Å². The monoisotopic (exact) mass is 184 g/mol. The fraction of sp³-hybridized carbons (Fsp3) is 0.800. The molecule has 0 heterocycles. The fourth-order valence-electron chi connectivity index (χ4n) is 1.37. The summed E-state index contributed by atoms with van der Waals surface area (Å²) in [5.41, 5.74) is 0. The first-order valence-corrected chi connectivity index (χ1v) is 4.83. The summed E-state index contributed by atoms with van der Waals surface area (Å²) in [6.07, 6.45) is 2.22. The molecule has 0 saturated heterocycles. The highest BCUT2D eigenvalue weighted by Gasteiger charge is 2.33. The number of carbonyl (C=O) groups is 2. The van der Waals surface area contributed by atoms with Gasteiger partial charge in [0, 0.05) is 5.92 Å². The number of ether oxygens (including phenoxy) is 1. The summed E-state index contributed by atoms with van der Waals surface area (Å²) in [5.74, 6) is 0.215. The molecule has 1 aliphatic carbocycles. The molecule has 0 N–H and O–H groups in total. The van der Waals surface area contributed by atoms with Gasteiger partial charge >= 0.3 is 5.97 Å². The third-order valence-corrected chi connectivity index (χ3v) is 2.46. The Balaban J connectivity index is 2.26. The Morgan fingerprint density at radius 3 is 2.54 bits per heavy atom. The van der Waals surface area contributed by atoms with Crippen LogP contribution in [0.4, 0.5) is 0 Å². The van der Waals surface area contributed by atoms with Crippen LogP contribution in [0.1, 0.15) is 33.1 Å². The van der Waals surface area contributed by atoms with E-state index in [2.05, 4.69) is 0 Å². The van der Waals surface area contributed by atoms with Crippen molar-refractivity contribution in [2.75, 3.05) is 6.61 Å². The van der Waals surface area contributed by atoms with Gasteiger partial charge in [0.1, 0.15) is 12.2 Å². The summed E-state index contributed by atoms with van der Waals surface area (Å²) in [6.45, 7) is 4.00. The highest BCUT2D eigenvalue weighted by atomic mass is 16.5. The van der Waals surface area contributed by atoms with Gasteiger partial charge in [0.25, 0.3) is 0 Å². The van der Waals surface area contributed by atoms with E-state index >= 15 is 0 Å². The molecule has 0 aliphatic heterocycles. The summed E-state index contributed by atoms with van der Waals surface area (Å²) in [4.78, 5) is 22.4. The molecule has 0 bridgehead atoms. The zero-order chi connectivity index (χ0) is 9.84. The summed E-state index contributed by atoms with van der Waals surface area (Å²) in [5, 5.41) is 0. The Labute approximate surface area is 78.5 Å². The first-order valence-electron chi connectivity index (χ1n) is 4.83. The first kappa shape index (κ1) is 10.2. The fourth-order valence-corrected chi connectivity index (χ4v) is 1.37. The first-order chi connectivity index (χ1) is 6.15. The van der Waals surface area contributed by atoms with Crippen molar-refractivity contribution in [2.45, 2.75) is 33.1 Å². The van der Waals surface area contributed by atoms with Crippen LogP contribution in [-0.4, -0.2) is 18.4 Å². The lowest BCUT2D eigenvalue weighted by molar-refractivity contribution is -0.146. The van der Waals surface area contributed by atoms with Crippen LogP contribution in [0.15, 0.2) is 0 Å². The molecule has 0 aromatic carbocycles. The van der Waals surface area contributed by atoms with Gasteiger partial charge in [-0.1, -0.05) is 6.92 Å². The predicted molar refractivity (Wildman–Crippen MR) is 48.1 cm³/mol. The molecule has 1 atom stereocenters. The molecule has 0 aromatic rings. The van der Waals surface area contributed by atoms with Crippen LogP contribution in [0, 0.1) is 11.8 Å².